The summed E-state index contributed by atoms with van der Waals surface area (Å²) < 4.78 is 7.69. The minimum atomic E-state index is -1.00. The summed E-state index contributed by atoms with van der Waals surface area (Å²) in [5, 5.41) is 30.7. The molecule has 2 heterocycles. The van der Waals surface area contributed by atoms with E-state index in [9.17, 15) is 15.0 Å². The van der Waals surface area contributed by atoms with Crippen molar-refractivity contribution in [3.63, 3.8) is 0 Å². The van der Waals surface area contributed by atoms with E-state index in [1.54, 1.807) is 24.3 Å². The highest BCUT2D eigenvalue weighted by Crippen LogP contribution is 2.40. The summed E-state index contributed by atoms with van der Waals surface area (Å²) in [6.45, 7) is 1.46. The van der Waals surface area contributed by atoms with Crippen LogP contribution in [0.5, 0.6) is 11.6 Å². The number of hydrogen-bond acceptors (Lipinski definition) is 6. The maximum atomic E-state index is 13.5. The summed E-state index contributed by atoms with van der Waals surface area (Å²) in [5.74, 6) is 0.221. The molecule has 42 heavy (non-hydrogen) atoms. The Morgan fingerprint density at radius 1 is 1.05 bits per heavy atom. The molecule has 5 N–H and O–H groups in total. The average molecular weight is 721 g/mol. The maximum absolute atomic E-state index is 13.5. The first-order valence-electron chi connectivity index (χ1n) is 13.0. The molecule has 9 nitrogen and oxygen atoms in total. The van der Waals surface area contributed by atoms with Gasteiger partial charge in [0.05, 0.1) is 11.6 Å². The van der Waals surface area contributed by atoms with E-state index in [4.69, 9.17) is 38.0 Å². The fourth-order valence-corrected chi connectivity index (χ4v) is 5.94. The van der Waals surface area contributed by atoms with Gasteiger partial charge >= 0.3 is 5.69 Å². The Hall–Kier alpha value is -3.29. The normalized spacial score (nSPS) is 13.6. The molecule has 0 bridgehead atoms. The average Bonchev–Trinajstić information content (AvgIpc) is 3.51. The fourth-order valence-electron chi connectivity index (χ4n) is 4.75. The number of aromatic amines is 2. The third-order valence-electron chi connectivity index (χ3n) is 6.92. The second-order valence-corrected chi connectivity index (χ2v) is 11.8. The molecule has 0 amide bonds. The van der Waals surface area contributed by atoms with Gasteiger partial charge in [-0.1, -0.05) is 66.5 Å². The predicted molar refractivity (Wildman–Crippen MR) is 170 cm³/mol. The SMILES string of the molecule is C[C@@H](c1ccccc1)[C@@H](c1nc(-c2ccc(I)cc2Cl)c(Cl)[nH]1)n1c(O)c(-c2ccc(OC[C@@H](O)CO)cc2)[nH]c1=O. The van der Waals surface area contributed by atoms with Crippen LogP contribution >= 0.6 is 45.8 Å². The van der Waals surface area contributed by atoms with Crippen molar-refractivity contribution in [1.29, 1.82) is 0 Å². The number of halogens is 3. The van der Waals surface area contributed by atoms with E-state index < -0.39 is 24.4 Å². The van der Waals surface area contributed by atoms with Crippen molar-refractivity contribution >= 4 is 45.8 Å². The van der Waals surface area contributed by atoms with Gasteiger partial charge in [0, 0.05) is 20.6 Å². The lowest BCUT2D eigenvalue weighted by atomic mass is 9.92. The van der Waals surface area contributed by atoms with Crippen molar-refractivity contribution in [3.8, 4) is 34.1 Å². The molecule has 0 radical (unpaired) electrons. The van der Waals surface area contributed by atoms with Gasteiger partial charge in [0.1, 0.15) is 46.9 Å². The van der Waals surface area contributed by atoms with Crippen LogP contribution in [0, 0.1) is 3.57 Å². The fraction of sp³-hybridized carbons (Fsp3) is 0.200. The number of aromatic nitrogens is 4. The van der Waals surface area contributed by atoms with Crippen LogP contribution in [-0.2, 0) is 0 Å². The molecule has 0 fully saturated rings. The molecule has 0 spiro atoms. The molecular weight excluding hydrogens is 694 g/mol. The molecule has 0 unspecified atom stereocenters. The summed E-state index contributed by atoms with van der Waals surface area (Å²) >= 11 is 15.3. The standard InChI is InChI=1S/C30H27Cl2IN4O5/c1-16(17-5-3-2-4-6-17)26(28-34-25(27(32)36-28)22-12-9-19(33)13-23(22)31)37-29(40)24(35-30(37)41)18-7-10-21(11-8-18)42-15-20(39)14-38/h2-13,16,20,26,38-40H,14-15H2,1H3,(H,34,36)(H,35,41)/t16-,20-,26-/m0/s1. The number of rotatable bonds is 10. The minimum Gasteiger partial charge on any atom is -0.493 e. The molecule has 12 heteroatoms. The largest absolute Gasteiger partial charge is 0.493 e. The molecule has 0 aliphatic rings. The molecule has 5 rings (SSSR count). The van der Waals surface area contributed by atoms with Crippen LogP contribution in [-0.4, -0.2) is 54.2 Å². The Labute approximate surface area is 264 Å². The molecule has 218 valence electrons. The van der Waals surface area contributed by atoms with E-state index in [2.05, 4.69) is 32.6 Å². The van der Waals surface area contributed by atoms with E-state index >= 15 is 0 Å². The number of aliphatic hydroxyl groups is 2. The molecule has 0 saturated carbocycles. The Morgan fingerprint density at radius 3 is 2.43 bits per heavy atom. The molecule has 0 aliphatic heterocycles. The summed E-state index contributed by atoms with van der Waals surface area (Å²) in [7, 11) is 0. The highest BCUT2D eigenvalue weighted by Gasteiger charge is 2.32. The zero-order valence-corrected chi connectivity index (χ0v) is 25.9. The highest BCUT2D eigenvalue weighted by atomic mass is 127. The number of aliphatic hydroxyl groups excluding tert-OH is 2. The Bertz CT molecular complexity index is 1740. The van der Waals surface area contributed by atoms with Crippen molar-refractivity contribution in [2.45, 2.75) is 25.0 Å². The Morgan fingerprint density at radius 2 is 1.76 bits per heavy atom. The predicted octanol–water partition coefficient (Wildman–Crippen LogP) is 5.98. The van der Waals surface area contributed by atoms with Gasteiger partial charge in [0.15, 0.2) is 0 Å². The first kappa shape index (κ1) is 30.2. The summed E-state index contributed by atoms with van der Waals surface area (Å²) in [4.78, 5) is 24.2. The third-order valence-corrected chi connectivity index (χ3v) is 8.18. The van der Waals surface area contributed by atoms with Crippen LogP contribution in [0.3, 0.4) is 0 Å². The number of benzene rings is 3. The zero-order valence-electron chi connectivity index (χ0n) is 22.3. The van der Waals surface area contributed by atoms with Crippen LogP contribution in [0.2, 0.25) is 10.2 Å². The lowest BCUT2D eigenvalue weighted by molar-refractivity contribution is 0.0536. The van der Waals surface area contributed by atoms with E-state index in [0.29, 0.717) is 33.4 Å². The second-order valence-electron chi connectivity index (χ2n) is 9.72. The first-order valence-corrected chi connectivity index (χ1v) is 14.8. The van der Waals surface area contributed by atoms with Crippen LogP contribution < -0.4 is 10.4 Å². The Kier molecular flexibility index (Phi) is 9.28. The van der Waals surface area contributed by atoms with Crippen molar-refractivity contribution in [3.05, 3.63) is 108 Å². The number of nitrogens with zero attached hydrogens (tertiary/aromatic N) is 2. The van der Waals surface area contributed by atoms with Crippen LogP contribution in [0.25, 0.3) is 22.5 Å². The highest BCUT2D eigenvalue weighted by molar-refractivity contribution is 14.1. The van der Waals surface area contributed by atoms with Crippen molar-refractivity contribution in [2.75, 3.05) is 13.2 Å². The smallest absolute Gasteiger partial charge is 0.329 e. The number of nitrogens with one attached hydrogen (secondary N) is 2. The minimum absolute atomic E-state index is 0.0749. The van der Waals surface area contributed by atoms with Crippen molar-refractivity contribution < 1.29 is 20.1 Å². The zero-order chi connectivity index (χ0) is 30.0. The van der Waals surface area contributed by atoms with Gasteiger partial charge in [-0.2, -0.15) is 0 Å². The van der Waals surface area contributed by atoms with E-state index in [0.717, 1.165) is 9.13 Å². The molecular formula is C30H27Cl2IN4O5. The van der Waals surface area contributed by atoms with Crippen LogP contribution in [0.15, 0.2) is 77.6 Å². The van der Waals surface area contributed by atoms with E-state index in [-0.39, 0.29) is 29.3 Å². The van der Waals surface area contributed by atoms with Crippen LogP contribution in [0.4, 0.5) is 0 Å². The van der Waals surface area contributed by atoms with Crippen molar-refractivity contribution in [1.82, 2.24) is 19.5 Å². The quantitative estimate of drug-likeness (QED) is 0.113. The van der Waals surface area contributed by atoms with Gasteiger partial charge in [-0.25, -0.2) is 9.78 Å². The van der Waals surface area contributed by atoms with E-state index in [1.807, 2.05) is 55.5 Å². The van der Waals surface area contributed by atoms with Crippen LogP contribution in [0.1, 0.15) is 30.3 Å². The number of imidazole rings is 2. The number of ether oxygens (including phenoxy) is 1. The number of H-pyrrole nitrogens is 2. The molecule has 0 aliphatic carbocycles. The van der Waals surface area contributed by atoms with Gasteiger partial charge in [-0.05, 0) is 64.6 Å². The van der Waals surface area contributed by atoms with Gasteiger partial charge in [0.25, 0.3) is 0 Å². The topological polar surface area (TPSA) is 136 Å². The van der Waals surface area contributed by atoms with Gasteiger partial charge in [-0.15, -0.1) is 0 Å². The molecule has 5 aromatic rings. The van der Waals surface area contributed by atoms with Crippen molar-refractivity contribution in [2.24, 2.45) is 0 Å². The first-order chi connectivity index (χ1) is 20.2. The number of aromatic hydroxyl groups is 1. The van der Waals surface area contributed by atoms with Gasteiger partial charge in [0.2, 0.25) is 5.88 Å². The Balaban J connectivity index is 1.58. The second kappa shape index (κ2) is 12.9. The molecule has 2 aromatic heterocycles. The lowest BCUT2D eigenvalue weighted by Crippen LogP contribution is -2.27. The third kappa shape index (κ3) is 6.23. The van der Waals surface area contributed by atoms with Gasteiger partial charge < -0.3 is 30.0 Å². The van der Waals surface area contributed by atoms with E-state index in [1.165, 1.54) is 4.57 Å². The maximum Gasteiger partial charge on any atom is 0.329 e. The summed E-state index contributed by atoms with van der Waals surface area (Å²) in [5.41, 5.74) is 2.20. The van der Waals surface area contributed by atoms with Gasteiger partial charge in [-0.3, -0.25) is 4.57 Å². The summed E-state index contributed by atoms with van der Waals surface area (Å²) in [6, 6.07) is 21.0. The molecule has 0 saturated heterocycles. The summed E-state index contributed by atoms with van der Waals surface area (Å²) in [6.07, 6.45) is -1.00. The molecule has 3 aromatic carbocycles. The molecule has 3 atom stereocenters. The lowest BCUT2D eigenvalue weighted by Gasteiger charge is -2.24. The monoisotopic (exact) mass is 720 g/mol. The number of hydrogen-bond donors (Lipinski definition) is 5.